The van der Waals surface area contributed by atoms with E-state index in [0.717, 1.165) is 44.4 Å². The number of nitrogens with one attached hydrogen (secondary N) is 1. The number of aromatic nitrogens is 2. The molecule has 0 atom stereocenters. The number of anilines is 2. The molecule has 22 heavy (non-hydrogen) atoms. The third kappa shape index (κ3) is 3.87. The van der Waals surface area contributed by atoms with Crippen LogP contribution in [0.1, 0.15) is 38.5 Å². The van der Waals surface area contributed by atoms with Gasteiger partial charge in [0.1, 0.15) is 5.82 Å². The molecule has 1 aliphatic carbocycles. The number of rotatable bonds is 4. The molecule has 1 saturated heterocycles. The maximum Gasteiger partial charge on any atom is 0.227 e. The predicted octanol–water partition coefficient (Wildman–Crippen LogP) is 1.89. The zero-order chi connectivity index (χ0) is 15.2. The Morgan fingerprint density at radius 2 is 1.82 bits per heavy atom. The SMILES string of the molecule is O=CN1CCN(c2nccc(NC3CCCCCC3)n2)CC1. The molecule has 1 aromatic heterocycles. The first kappa shape index (κ1) is 15.1. The molecule has 0 radical (unpaired) electrons. The molecule has 2 aliphatic rings. The molecule has 2 fully saturated rings. The monoisotopic (exact) mass is 303 g/mol. The predicted molar refractivity (Wildman–Crippen MR) is 87.0 cm³/mol. The summed E-state index contributed by atoms with van der Waals surface area (Å²) in [5.41, 5.74) is 0. The summed E-state index contributed by atoms with van der Waals surface area (Å²) in [7, 11) is 0. The molecule has 1 saturated carbocycles. The lowest BCUT2D eigenvalue weighted by molar-refractivity contribution is -0.118. The van der Waals surface area contributed by atoms with Gasteiger partial charge in [-0.05, 0) is 18.9 Å². The van der Waals surface area contributed by atoms with Crippen LogP contribution in [-0.2, 0) is 4.79 Å². The van der Waals surface area contributed by atoms with Gasteiger partial charge in [-0.1, -0.05) is 25.7 Å². The van der Waals surface area contributed by atoms with E-state index in [4.69, 9.17) is 0 Å². The molecule has 0 unspecified atom stereocenters. The highest BCUT2D eigenvalue weighted by atomic mass is 16.1. The van der Waals surface area contributed by atoms with Gasteiger partial charge in [0.2, 0.25) is 12.4 Å². The molecular weight excluding hydrogens is 278 g/mol. The normalized spacial score (nSPS) is 20.5. The van der Waals surface area contributed by atoms with Crippen LogP contribution in [0, 0.1) is 0 Å². The number of amides is 1. The third-order valence-electron chi connectivity index (χ3n) is 4.60. The van der Waals surface area contributed by atoms with Gasteiger partial charge in [0.25, 0.3) is 0 Å². The average molecular weight is 303 g/mol. The van der Waals surface area contributed by atoms with Crippen molar-refractivity contribution in [2.45, 2.75) is 44.6 Å². The van der Waals surface area contributed by atoms with E-state index in [2.05, 4.69) is 20.2 Å². The number of nitrogens with zero attached hydrogens (tertiary/aromatic N) is 4. The first-order chi connectivity index (χ1) is 10.8. The molecule has 0 spiro atoms. The van der Waals surface area contributed by atoms with E-state index in [9.17, 15) is 4.79 Å². The summed E-state index contributed by atoms with van der Waals surface area (Å²) < 4.78 is 0. The highest BCUT2D eigenvalue weighted by molar-refractivity contribution is 5.49. The van der Waals surface area contributed by atoms with Gasteiger partial charge in [-0.15, -0.1) is 0 Å². The minimum absolute atomic E-state index is 0.539. The largest absolute Gasteiger partial charge is 0.367 e. The van der Waals surface area contributed by atoms with Gasteiger partial charge in [-0.2, -0.15) is 4.98 Å². The Morgan fingerprint density at radius 1 is 1.09 bits per heavy atom. The van der Waals surface area contributed by atoms with Crippen LogP contribution in [0.4, 0.5) is 11.8 Å². The number of carbonyl (C=O) groups excluding carboxylic acids is 1. The Labute approximate surface area is 131 Å². The van der Waals surface area contributed by atoms with E-state index in [-0.39, 0.29) is 0 Å². The second kappa shape index (κ2) is 7.42. The molecule has 1 aromatic rings. The Balaban J connectivity index is 1.61. The lowest BCUT2D eigenvalue weighted by Gasteiger charge is -2.32. The summed E-state index contributed by atoms with van der Waals surface area (Å²) in [5.74, 6) is 1.69. The molecule has 1 aliphatic heterocycles. The molecule has 0 bridgehead atoms. The van der Waals surface area contributed by atoms with Crippen molar-refractivity contribution >= 4 is 18.2 Å². The van der Waals surface area contributed by atoms with Crippen LogP contribution in [-0.4, -0.2) is 53.5 Å². The topological polar surface area (TPSA) is 61.4 Å². The summed E-state index contributed by atoms with van der Waals surface area (Å²) in [6.07, 6.45) is 10.5. The van der Waals surface area contributed by atoms with E-state index in [1.807, 2.05) is 12.3 Å². The van der Waals surface area contributed by atoms with Crippen molar-refractivity contribution < 1.29 is 4.79 Å². The molecule has 1 amide bonds. The van der Waals surface area contributed by atoms with E-state index >= 15 is 0 Å². The van der Waals surface area contributed by atoms with Gasteiger partial charge in [-0.25, -0.2) is 4.98 Å². The smallest absolute Gasteiger partial charge is 0.227 e. The lowest BCUT2D eigenvalue weighted by atomic mass is 10.1. The summed E-state index contributed by atoms with van der Waals surface area (Å²) in [6.45, 7) is 3.08. The van der Waals surface area contributed by atoms with E-state index in [0.29, 0.717) is 6.04 Å². The summed E-state index contributed by atoms with van der Waals surface area (Å²) in [5, 5.41) is 3.58. The molecule has 6 nitrogen and oxygen atoms in total. The Hall–Kier alpha value is -1.85. The standard InChI is InChI=1S/C16H25N5O/c22-13-20-9-11-21(12-10-20)16-17-8-7-15(19-16)18-14-5-3-1-2-4-6-14/h7-8,13-14H,1-6,9-12H2,(H,17,18,19). The minimum Gasteiger partial charge on any atom is -0.367 e. The fraction of sp³-hybridized carbons (Fsp3) is 0.688. The van der Waals surface area contributed by atoms with Crippen molar-refractivity contribution in [2.24, 2.45) is 0 Å². The molecule has 6 heteroatoms. The fourth-order valence-electron chi connectivity index (χ4n) is 3.24. The van der Waals surface area contributed by atoms with E-state index in [1.54, 1.807) is 4.90 Å². The summed E-state index contributed by atoms with van der Waals surface area (Å²) in [6, 6.07) is 2.49. The van der Waals surface area contributed by atoms with Crippen molar-refractivity contribution in [3.05, 3.63) is 12.3 Å². The van der Waals surface area contributed by atoms with Gasteiger partial charge in [0, 0.05) is 38.4 Å². The minimum atomic E-state index is 0.539. The maximum atomic E-state index is 10.8. The van der Waals surface area contributed by atoms with Crippen molar-refractivity contribution in [1.82, 2.24) is 14.9 Å². The Bertz CT molecular complexity index is 479. The summed E-state index contributed by atoms with van der Waals surface area (Å²) in [4.78, 5) is 23.8. The molecular formula is C16H25N5O. The van der Waals surface area contributed by atoms with Gasteiger partial charge < -0.3 is 15.1 Å². The fourth-order valence-corrected chi connectivity index (χ4v) is 3.24. The molecule has 3 rings (SSSR count). The second-order valence-electron chi connectivity index (χ2n) is 6.20. The molecule has 2 heterocycles. The second-order valence-corrected chi connectivity index (χ2v) is 6.20. The van der Waals surface area contributed by atoms with Crippen LogP contribution in [0.2, 0.25) is 0 Å². The van der Waals surface area contributed by atoms with Crippen LogP contribution in [0.25, 0.3) is 0 Å². The molecule has 1 N–H and O–H groups in total. The van der Waals surface area contributed by atoms with Crippen LogP contribution in [0.3, 0.4) is 0 Å². The number of hydrogen-bond donors (Lipinski definition) is 1. The van der Waals surface area contributed by atoms with Crippen molar-refractivity contribution in [3.63, 3.8) is 0 Å². The van der Waals surface area contributed by atoms with Gasteiger partial charge in [0.05, 0.1) is 0 Å². The van der Waals surface area contributed by atoms with Crippen LogP contribution < -0.4 is 10.2 Å². The quantitative estimate of drug-likeness (QED) is 0.680. The van der Waals surface area contributed by atoms with Crippen molar-refractivity contribution in [2.75, 3.05) is 36.4 Å². The van der Waals surface area contributed by atoms with Gasteiger partial charge in [-0.3, -0.25) is 4.79 Å². The first-order valence-corrected chi connectivity index (χ1v) is 8.39. The van der Waals surface area contributed by atoms with Crippen molar-refractivity contribution in [3.8, 4) is 0 Å². The maximum absolute atomic E-state index is 10.8. The third-order valence-corrected chi connectivity index (χ3v) is 4.60. The molecule has 0 aromatic carbocycles. The van der Waals surface area contributed by atoms with E-state index < -0.39 is 0 Å². The van der Waals surface area contributed by atoms with E-state index in [1.165, 1.54) is 38.5 Å². The summed E-state index contributed by atoms with van der Waals surface area (Å²) >= 11 is 0. The average Bonchev–Trinajstić information content (AvgIpc) is 2.84. The highest BCUT2D eigenvalue weighted by Crippen LogP contribution is 2.21. The van der Waals surface area contributed by atoms with Crippen molar-refractivity contribution in [1.29, 1.82) is 0 Å². The Morgan fingerprint density at radius 3 is 2.50 bits per heavy atom. The lowest BCUT2D eigenvalue weighted by Crippen LogP contribution is -2.46. The number of piperazine rings is 1. The van der Waals surface area contributed by atoms with Gasteiger partial charge >= 0.3 is 0 Å². The zero-order valence-electron chi connectivity index (χ0n) is 13.1. The number of hydrogen-bond acceptors (Lipinski definition) is 5. The van der Waals surface area contributed by atoms with Crippen LogP contribution >= 0.6 is 0 Å². The highest BCUT2D eigenvalue weighted by Gasteiger charge is 2.18. The van der Waals surface area contributed by atoms with Gasteiger partial charge in [0.15, 0.2) is 0 Å². The first-order valence-electron chi connectivity index (χ1n) is 8.39. The Kier molecular flexibility index (Phi) is 5.08. The van der Waals surface area contributed by atoms with Crippen LogP contribution in [0.15, 0.2) is 12.3 Å². The number of carbonyl (C=O) groups is 1. The molecule has 120 valence electrons. The zero-order valence-corrected chi connectivity index (χ0v) is 13.1. The van der Waals surface area contributed by atoms with Crippen LogP contribution in [0.5, 0.6) is 0 Å².